The molecule has 0 saturated carbocycles. The average Bonchev–Trinajstić information content (AvgIpc) is 3.16. The van der Waals surface area contributed by atoms with Crippen LogP contribution in [0.4, 0.5) is 17.1 Å². The fraction of sp³-hybridized carbons (Fsp3) is 0. The van der Waals surface area contributed by atoms with Gasteiger partial charge in [0.15, 0.2) is 0 Å². The molecular weight excluding hydrogens is 571 g/mol. The summed E-state index contributed by atoms with van der Waals surface area (Å²) in [4.78, 5) is 12.5. The van der Waals surface area contributed by atoms with Gasteiger partial charge in [0.1, 0.15) is 0 Å². The van der Waals surface area contributed by atoms with E-state index in [2.05, 4.69) is 150 Å². The Morgan fingerprint density at radius 3 is 1.32 bits per heavy atom. The predicted octanol–water partition coefficient (Wildman–Crippen LogP) is 11.8. The van der Waals surface area contributed by atoms with E-state index in [1.54, 1.807) is 0 Å². The summed E-state index contributed by atoms with van der Waals surface area (Å²) in [6.07, 6.45) is 0. The molecule has 1 heterocycles. The molecule has 7 aromatic carbocycles. The Bertz CT molecular complexity index is 2260. The summed E-state index contributed by atoms with van der Waals surface area (Å²) in [7, 11) is 0. The smallest absolute Gasteiger partial charge is 0.0973 e. The number of nitrogens with zero attached hydrogens (tertiary/aromatic N) is 3. The summed E-state index contributed by atoms with van der Waals surface area (Å²) in [6, 6.07) is 65.6. The molecule has 0 spiro atoms. The minimum atomic E-state index is 0.867. The minimum absolute atomic E-state index is 0.867. The quantitative estimate of drug-likeness (QED) is 0.182. The summed E-state index contributed by atoms with van der Waals surface area (Å²) >= 11 is 0. The lowest BCUT2D eigenvalue weighted by atomic mass is 9.98. The van der Waals surface area contributed by atoms with Crippen LogP contribution in [0.5, 0.6) is 0 Å². The Morgan fingerprint density at radius 1 is 0.298 bits per heavy atom. The van der Waals surface area contributed by atoms with E-state index in [9.17, 15) is 0 Å². The first-order valence-electron chi connectivity index (χ1n) is 15.8. The third-order valence-electron chi connectivity index (χ3n) is 8.48. The second-order valence-corrected chi connectivity index (χ2v) is 11.5. The van der Waals surface area contributed by atoms with E-state index < -0.39 is 0 Å². The van der Waals surface area contributed by atoms with Gasteiger partial charge in [0.2, 0.25) is 0 Å². The molecule has 8 aromatic rings. The van der Waals surface area contributed by atoms with Crippen LogP contribution in [0.25, 0.3) is 55.8 Å². The predicted molar refractivity (Wildman–Crippen MR) is 196 cm³/mol. The van der Waals surface area contributed by atoms with Crippen molar-refractivity contribution in [3.8, 4) is 44.8 Å². The zero-order chi connectivity index (χ0) is 31.4. The summed E-state index contributed by atoms with van der Waals surface area (Å²) < 4.78 is 0. The molecule has 0 atom stereocenters. The summed E-state index contributed by atoms with van der Waals surface area (Å²) in [5.41, 5.74) is 13.6. The normalized spacial score (nSPS) is 11.0. The number of fused-ring (bicyclic) bond motifs is 1. The van der Waals surface area contributed by atoms with E-state index in [1.165, 1.54) is 11.1 Å². The number of anilines is 3. The lowest BCUT2D eigenvalue weighted by molar-refractivity contribution is 1.27. The van der Waals surface area contributed by atoms with Crippen molar-refractivity contribution in [3.05, 3.63) is 188 Å². The Balaban J connectivity index is 1.22. The SMILES string of the molecule is c1ccc(-c2ccc(-c3ccccc3N(c3ccccc3)c3ccc(-c4nc5ccccc5nc4-c4ccccc4)cc3)cc2)cc1. The van der Waals surface area contributed by atoms with Gasteiger partial charge in [0.05, 0.1) is 28.1 Å². The van der Waals surface area contributed by atoms with Gasteiger partial charge in [-0.25, -0.2) is 9.97 Å². The van der Waals surface area contributed by atoms with Crippen molar-refractivity contribution in [2.24, 2.45) is 0 Å². The van der Waals surface area contributed by atoms with Crippen LogP contribution in [0.2, 0.25) is 0 Å². The van der Waals surface area contributed by atoms with Crippen molar-refractivity contribution in [3.63, 3.8) is 0 Å². The maximum absolute atomic E-state index is 5.12. The van der Waals surface area contributed by atoms with E-state index in [1.807, 2.05) is 42.5 Å². The molecule has 3 heteroatoms. The molecule has 0 radical (unpaired) electrons. The third-order valence-corrected chi connectivity index (χ3v) is 8.48. The van der Waals surface area contributed by atoms with Gasteiger partial charge >= 0.3 is 0 Å². The molecule has 0 aliphatic heterocycles. The average molecular weight is 602 g/mol. The topological polar surface area (TPSA) is 29.0 Å². The molecule has 0 bridgehead atoms. The van der Waals surface area contributed by atoms with Crippen molar-refractivity contribution in [1.82, 2.24) is 9.97 Å². The fourth-order valence-corrected chi connectivity index (χ4v) is 6.16. The first kappa shape index (κ1) is 28.2. The zero-order valence-corrected chi connectivity index (χ0v) is 25.7. The second kappa shape index (κ2) is 12.6. The van der Waals surface area contributed by atoms with Gasteiger partial charge in [-0.1, -0.05) is 146 Å². The Kier molecular flexibility index (Phi) is 7.54. The van der Waals surface area contributed by atoms with Crippen molar-refractivity contribution >= 4 is 28.1 Å². The molecular formula is C44H31N3. The molecule has 0 amide bonds. The van der Waals surface area contributed by atoms with Crippen LogP contribution in [-0.2, 0) is 0 Å². The van der Waals surface area contributed by atoms with Crippen LogP contribution < -0.4 is 4.90 Å². The highest BCUT2D eigenvalue weighted by Gasteiger charge is 2.18. The van der Waals surface area contributed by atoms with Gasteiger partial charge in [-0.05, 0) is 59.2 Å². The number of hydrogen-bond acceptors (Lipinski definition) is 3. The summed E-state index contributed by atoms with van der Waals surface area (Å²) in [5, 5.41) is 0. The van der Waals surface area contributed by atoms with E-state index in [4.69, 9.17) is 9.97 Å². The highest BCUT2D eigenvalue weighted by atomic mass is 15.1. The van der Waals surface area contributed by atoms with Gasteiger partial charge in [-0.3, -0.25) is 0 Å². The van der Waals surface area contributed by atoms with Crippen molar-refractivity contribution in [2.45, 2.75) is 0 Å². The maximum atomic E-state index is 5.12. The van der Waals surface area contributed by atoms with E-state index in [0.717, 1.165) is 61.7 Å². The Morgan fingerprint density at radius 2 is 0.702 bits per heavy atom. The highest BCUT2D eigenvalue weighted by Crippen LogP contribution is 2.42. The molecule has 0 aliphatic rings. The van der Waals surface area contributed by atoms with Crippen LogP contribution in [0.3, 0.4) is 0 Å². The van der Waals surface area contributed by atoms with Crippen LogP contribution in [0.15, 0.2) is 188 Å². The number of benzene rings is 7. The Hall–Kier alpha value is -6.32. The molecule has 222 valence electrons. The minimum Gasteiger partial charge on any atom is -0.310 e. The van der Waals surface area contributed by atoms with Crippen molar-refractivity contribution in [1.29, 1.82) is 0 Å². The monoisotopic (exact) mass is 601 g/mol. The molecule has 8 rings (SSSR count). The van der Waals surface area contributed by atoms with Gasteiger partial charge in [-0.15, -0.1) is 0 Å². The van der Waals surface area contributed by atoms with Crippen molar-refractivity contribution < 1.29 is 0 Å². The first-order valence-corrected chi connectivity index (χ1v) is 15.8. The van der Waals surface area contributed by atoms with Crippen LogP contribution in [0.1, 0.15) is 0 Å². The van der Waals surface area contributed by atoms with Gasteiger partial charge in [-0.2, -0.15) is 0 Å². The fourth-order valence-electron chi connectivity index (χ4n) is 6.16. The standard InChI is InChI=1S/C44H31N3/c1-4-14-32(15-5-1)33-24-26-34(27-25-33)39-20-10-13-23-42(39)47(37-18-8-3-9-19-37)38-30-28-36(29-31-38)44-43(35-16-6-2-7-17-35)45-40-21-11-12-22-41(40)46-44/h1-31H. The number of para-hydroxylation sites is 4. The largest absolute Gasteiger partial charge is 0.310 e. The molecule has 1 aromatic heterocycles. The second-order valence-electron chi connectivity index (χ2n) is 11.5. The number of rotatable bonds is 7. The molecule has 0 saturated heterocycles. The van der Waals surface area contributed by atoms with E-state index >= 15 is 0 Å². The molecule has 0 N–H and O–H groups in total. The molecule has 0 unspecified atom stereocenters. The highest BCUT2D eigenvalue weighted by molar-refractivity contribution is 5.90. The third kappa shape index (κ3) is 5.67. The van der Waals surface area contributed by atoms with Gasteiger partial charge in [0, 0.05) is 28.1 Å². The van der Waals surface area contributed by atoms with Crippen LogP contribution in [-0.4, -0.2) is 9.97 Å². The first-order chi connectivity index (χ1) is 23.3. The summed E-state index contributed by atoms with van der Waals surface area (Å²) in [6.45, 7) is 0. The lowest BCUT2D eigenvalue weighted by Gasteiger charge is -2.28. The zero-order valence-electron chi connectivity index (χ0n) is 25.7. The van der Waals surface area contributed by atoms with Crippen LogP contribution >= 0.6 is 0 Å². The molecule has 0 fully saturated rings. The Labute approximate surface area is 275 Å². The van der Waals surface area contributed by atoms with Gasteiger partial charge in [0.25, 0.3) is 0 Å². The number of hydrogen-bond donors (Lipinski definition) is 0. The number of aromatic nitrogens is 2. The van der Waals surface area contributed by atoms with Gasteiger partial charge < -0.3 is 4.90 Å². The molecule has 3 nitrogen and oxygen atoms in total. The lowest BCUT2D eigenvalue weighted by Crippen LogP contribution is -2.11. The summed E-state index contributed by atoms with van der Waals surface area (Å²) in [5.74, 6) is 0. The van der Waals surface area contributed by atoms with Crippen LogP contribution in [0, 0.1) is 0 Å². The van der Waals surface area contributed by atoms with E-state index in [-0.39, 0.29) is 0 Å². The van der Waals surface area contributed by atoms with E-state index in [0.29, 0.717) is 0 Å². The maximum Gasteiger partial charge on any atom is 0.0973 e. The molecule has 0 aliphatic carbocycles. The van der Waals surface area contributed by atoms with Crippen molar-refractivity contribution in [2.75, 3.05) is 4.90 Å². The molecule has 47 heavy (non-hydrogen) atoms.